The minimum absolute atomic E-state index is 0.342. The van der Waals surface area contributed by atoms with E-state index in [1.54, 1.807) is 11.4 Å². The lowest BCUT2D eigenvalue weighted by atomic mass is 10.2. The summed E-state index contributed by atoms with van der Waals surface area (Å²) in [6.07, 6.45) is 0.836. The second-order valence-electron chi connectivity index (χ2n) is 4.88. The largest absolute Gasteiger partial charge is 0.317 e. The van der Waals surface area contributed by atoms with Gasteiger partial charge in [0.2, 0.25) is 0 Å². The second-order valence-corrected chi connectivity index (χ2v) is 6.92. The van der Waals surface area contributed by atoms with E-state index in [4.69, 9.17) is 0 Å². The SMILES string of the molecule is CCNCCCN(C)S(=O)(=O)N(CC)CC(C)C. The fraction of sp³-hybridized carbons (Fsp3) is 1.00. The molecule has 0 aromatic carbocycles. The van der Waals surface area contributed by atoms with Gasteiger partial charge in [-0.25, -0.2) is 0 Å². The third-order valence-electron chi connectivity index (χ3n) is 2.72. The Morgan fingerprint density at radius 1 is 1.22 bits per heavy atom. The molecule has 0 aromatic rings. The fourth-order valence-electron chi connectivity index (χ4n) is 1.71. The Morgan fingerprint density at radius 3 is 2.28 bits per heavy atom. The van der Waals surface area contributed by atoms with Crippen molar-refractivity contribution in [3.05, 3.63) is 0 Å². The number of hydrogen-bond donors (Lipinski definition) is 1. The van der Waals surface area contributed by atoms with Crippen LogP contribution in [-0.4, -0.2) is 56.8 Å². The molecular weight excluding hydrogens is 250 g/mol. The van der Waals surface area contributed by atoms with Crippen molar-refractivity contribution in [2.24, 2.45) is 5.92 Å². The van der Waals surface area contributed by atoms with Crippen LogP contribution in [0.2, 0.25) is 0 Å². The van der Waals surface area contributed by atoms with E-state index in [9.17, 15) is 8.42 Å². The lowest BCUT2D eigenvalue weighted by Crippen LogP contribution is -2.44. The summed E-state index contributed by atoms with van der Waals surface area (Å²) in [6.45, 7) is 11.4. The highest BCUT2D eigenvalue weighted by atomic mass is 32.2. The van der Waals surface area contributed by atoms with Crippen molar-refractivity contribution in [1.29, 1.82) is 0 Å². The summed E-state index contributed by atoms with van der Waals surface area (Å²) in [6, 6.07) is 0. The molecule has 0 heterocycles. The summed E-state index contributed by atoms with van der Waals surface area (Å²) in [5.41, 5.74) is 0. The smallest absolute Gasteiger partial charge is 0.281 e. The Bertz CT molecular complexity index is 304. The van der Waals surface area contributed by atoms with E-state index in [-0.39, 0.29) is 0 Å². The molecule has 0 saturated heterocycles. The first kappa shape index (κ1) is 17.8. The van der Waals surface area contributed by atoms with E-state index in [1.807, 2.05) is 27.7 Å². The van der Waals surface area contributed by atoms with Crippen LogP contribution in [0.25, 0.3) is 0 Å². The molecule has 0 unspecified atom stereocenters. The first-order valence-corrected chi connectivity index (χ1v) is 8.18. The quantitative estimate of drug-likeness (QED) is 0.610. The van der Waals surface area contributed by atoms with E-state index < -0.39 is 10.2 Å². The zero-order valence-corrected chi connectivity index (χ0v) is 13.3. The van der Waals surface area contributed by atoms with E-state index >= 15 is 0 Å². The van der Waals surface area contributed by atoms with E-state index in [2.05, 4.69) is 5.32 Å². The van der Waals surface area contributed by atoms with Crippen LogP contribution in [0, 0.1) is 5.92 Å². The van der Waals surface area contributed by atoms with Gasteiger partial charge in [-0.1, -0.05) is 27.7 Å². The molecule has 0 saturated carbocycles. The maximum absolute atomic E-state index is 12.3. The summed E-state index contributed by atoms with van der Waals surface area (Å²) < 4.78 is 27.6. The maximum Gasteiger partial charge on any atom is 0.281 e. The van der Waals surface area contributed by atoms with Gasteiger partial charge in [0.25, 0.3) is 10.2 Å². The third kappa shape index (κ3) is 6.13. The highest BCUT2D eigenvalue weighted by molar-refractivity contribution is 7.86. The minimum atomic E-state index is -3.29. The van der Waals surface area contributed by atoms with E-state index in [0.717, 1.165) is 19.5 Å². The number of hydrogen-bond acceptors (Lipinski definition) is 3. The molecule has 110 valence electrons. The lowest BCUT2D eigenvalue weighted by Gasteiger charge is -2.27. The van der Waals surface area contributed by atoms with Crippen LogP contribution in [0.4, 0.5) is 0 Å². The molecule has 0 amide bonds. The monoisotopic (exact) mass is 279 g/mol. The summed E-state index contributed by atoms with van der Waals surface area (Å²) in [5, 5.41) is 3.20. The molecule has 0 aliphatic rings. The molecule has 1 N–H and O–H groups in total. The van der Waals surface area contributed by atoms with E-state index in [0.29, 0.717) is 25.6 Å². The first-order chi connectivity index (χ1) is 8.36. The van der Waals surface area contributed by atoms with Crippen molar-refractivity contribution in [3.8, 4) is 0 Å². The normalized spacial score (nSPS) is 12.9. The average molecular weight is 279 g/mol. The van der Waals surface area contributed by atoms with Gasteiger partial charge in [-0.2, -0.15) is 17.0 Å². The molecule has 18 heavy (non-hydrogen) atoms. The topological polar surface area (TPSA) is 52.7 Å². The Balaban J connectivity index is 4.39. The van der Waals surface area contributed by atoms with Gasteiger partial charge in [0.15, 0.2) is 0 Å². The van der Waals surface area contributed by atoms with Gasteiger partial charge in [-0.15, -0.1) is 0 Å². The molecule has 0 aliphatic carbocycles. The van der Waals surface area contributed by atoms with Crippen molar-refractivity contribution < 1.29 is 8.42 Å². The van der Waals surface area contributed by atoms with Crippen LogP contribution in [0.15, 0.2) is 0 Å². The Morgan fingerprint density at radius 2 is 1.83 bits per heavy atom. The molecular formula is C12H29N3O2S. The molecule has 0 atom stereocenters. The highest BCUT2D eigenvalue weighted by Crippen LogP contribution is 2.09. The standard InChI is InChI=1S/C12H29N3O2S/c1-6-13-9-8-10-14(5)18(16,17)15(7-2)11-12(3)4/h12-13H,6-11H2,1-5H3. The maximum atomic E-state index is 12.3. The third-order valence-corrected chi connectivity index (χ3v) is 4.75. The zero-order chi connectivity index (χ0) is 14.2. The van der Waals surface area contributed by atoms with Gasteiger partial charge in [0, 0.05) is 26.7 Å². The van der Waals surface area contributed by atoms with Crippen molar-refractivity contribution in [2.75, 3.05) is 39.8 Å². The van der Waals surface area contributed by atoms with Gasteiger partial charge in [0.05, 0.1) is 0 Å². The van der Waals surface area contributed by atoms with Gasteiger partial charge in [-0.05, 0) is 25.4 Å². The van der Waals surface area contributed by atoms with Crippen LogP contribution in [-0.2, 0) is 10.2 Å². The predicted molar refractivity (Wildman–Crippen MR) is 76.8 cm³/mol. The minimum Gasteiger partial charge on any atom is -0.317 e. The Kier molecular flexibility index (Phi) is 8.77. The average Bonchev–Trinajstić information content (AvgIpc) is 2.30. The van der Waals surface area contributed by atoms with Crippen LogP contribution in [0.5, 0.6) is 0 Å². The zero-order valence-electron chi connectivity index (χ0n) is 12.4. The first-order valence-electron chi connectivity index (χ1n) is 6.78. The highest BCUT2D eigenvalue weighted by Gasteiger charge is 2.25. The summed E-state index contributed by atoms with van der Waals surface area (Å²) >= 11 is 0. The lowest BCUT2D eigenvalue weighted by molar-refractivity contribution is 0.338. The van der Waals surface area contributed by atoms with Crippen LogP contribution in [0.1, 0.15) is 34.1 Å². The molecule has 0 radical (unpaired) electrons. The fourth-order valence-corrected chi connectivity index (χ4v) is 3.28. The van der Waals surface area contributed by atoms with Gasteiger partial charge < -0.3 is 5.32 Å². The molecule has 0 fully saturated rings. The molecule has 0 bridgehead atoms. The van der Waals surface area contributed by atoms with Gasteiger partial charge in [-0.3, -0.25) is 0 Å². The molecule has 0 spiro atoms. The van der Waals surface area contributed by atoms with Gasteiger partial charge >= 0.3 is 0 Å². The predicted octanol–water partition coefficient (Wildman–Crippen LogP) is 1.14. The second kappa shape index (κ2) is 8.85. The van der Waals surface area contributed by atoms with Crippen molar-refractivity contribution in [1.82, 2.24) is 13.9 Å². The van der Waals surface area contributed by atoms with Gasteiger partial charge in [0.1, 0.15) is 0 Å². The molecule has 0 aliphatic heterocycles. The Hall–Kier alpha value is -0.170. The van der Waals surface area contributed by atoms with Crippen LogP contribution in [0.3, 0.4) is 0 Å². The molecule has 6 heteroatoms. The Labute approximate surface area is 113 Å². The van der Waals surface area contributed by atoms with Crippen LogP contribution < -0.4 is 5.32 Å². The molecule has 0 rings (SSSR count). The number of nitrogens with zero attached hydrogens (tertiary/aromatic N) is 2. The van der Waals surface area contributed by atoms with Crippen molar-refractivity contribution >= 4 is 10.2 Å². The molecule has 5 nitrogen and oxygen atoms in total. The number of nitrogens with one attached hydrogen (secondary N) is 1. The summed E-state index contributed by atoms with van der Waals surface area (Å²) in [4.78, 5) is 0. The van der Waals surface area contributed by atoms with Crippen molar-refractivity contribution in [2.45, 2.75) is 34.1 Å². The summed E-state index contributed by atoms with van der Waals surface area (Å²) in [5.74, 6) is 0.342. The summed E-state index contributed by atoms with van der Waals surface area (Å²) in [7, 11) is -1.64. The van der Waals surface area contributed by atoms with Crippen LogP contribution >= 0.6 is 0 Å². The molecule has 0 aromatic heterocycles. The van der Waals surface area contributed by atoms with Crippen molar-refractivity contribution in [3.63, 3.8) is 0 Å². The number of rotatable bonds is 10. The van der Waals surface area contributed by atoms with E-state index in [1.165, 1.54) is 4.31 Å².